The third-order valence-electron chi connectivity index (χ3n) is 6.27. The number of hydrogen-bond donors (Lipinski definition) is 0. The summed E-state index contributed by atoms with van der Waals surface area (Å²) in [5, 5.41) is 0. The van der Waals surface area contributed by atoms with Gasteiger partial charge >= 0.3 is 26.2 Å². The second-order valence-corrected chi connectivity index (χ2v) is 8.48. The minimum Gasteiger partial charge on any atom is -1.00 e. The van der Waals surface area contributed by atoms with E-state index in [2.05, 4.69) is 45.1 Å². The van der Waals surface area contributed by atoms with Crippen LogP contribution in [0.25, 0.3) is 0 Å². The molecule has 0 saturated heterocycles. The summed E-state index contributed by atoms with van der Waals surface area (Å²) in [5.74, 6) is 3.52. The van der Waals surface area contributed by atoms with E-state index in [9.17, 15) is 0 Å². The Hall–Kier alpha value is 0.293. The number of fused-ring (bicyclic) bond motifs is 1. The zero-order valence-corrected chi connectivity index (χ0v) is 21.1. The van der Waals surface area contributed by atoms with E-state index < -0.39 is 0 Å². The van der Waals surface area contributed by atoms with Crippen molar-refractivity contribution < 1.29 is 51.0 Å². The van der Waals surface area contributed by atoms with Crippen molar-refractivity contribution in [2.45, 2.75) is 78.1 Å². The first-order chi connectivity index (χ1) is 11.6. The van der Waals surface area contributed by atoms with Gasteiger partial charge in [-0.15, -0.1) is 6.42 Å². The predicted molar refractivity (Wildman–Crippen MR) is 104 cm³/mol. The zero-order chi connectivity index (χ0) is 16.9. The average Bonchev–Trinajstić information content (AvgIpc) is 3.27. The van der Waals surface area contributed by atoms with Crippen LogP contribution in [-0.4, -0.2) is 0 Å². The Kier molecular flexibility index (Phi) is 13.7. The molecular formula is C24H34Cl2Zr. The van der Waals surface area contributed by atoms with E-state index in [0.29, 0.717) is 0 Å². The van der Waals surface area contributed by atoms with Gasteiger partial charge in [-0.1, -0.05) is 52.9 Å². The Bertz CT molecular complexity index is 552. The molecule has 3 heteroatoms. The van der Waals surface area contributed by atoms with Crippen LogP contribution in [0.4, 0.5) is 0 Å². The number of halogens is 2. The van der Waals surface area contributed by atoms with Crippen LogP contribution in [0.1, 0.15) is 81.9 Å². The SMILES string of the molecule is CC(C)[C@@H]1CC[C@@H](C)C[C@@H]1c1cc2c([cH-]1)CCCC2.[C-]1=CC=CC1.[Cl-].[Cl-].[Zr+4]. The predicted octanol–water partition coefficient (Wildman–Crippen LogP) is 0.771. The first kappa shape index (κ1) is 27.3. The molecule has 3 atom stereocenters. The van der Waals surface area contributed by atoms with Crippen molar-refractivity contribution in [2.24, 2.45) is 17.8 Å². The van der Waals surface area contributed by atoms with Gasteiger partial charge in [0.2, 0.25) is 0 Å². The van der Waals surface area contributed by atoms with E-state index in [-0.39, 0.29) is 51.0 Å². The van der Waals surface area contributed by atoms with E-state index in [4.69, 9.17) is 0 Å². The molecule has 0 heterocycles. The molecule has 1 aromatic rings. The standard InChI is InChI=1S/C19H29.C5H5.2ClH.Zr/c1-13(2)18-9-8-14(3)10-19(18)17-11-15-6-4-5-7-16(15)12-17;1-2-4-5-3-1;;;/h11-14,18-19H,4-10H2,1-3H3;1-3H,4H2;2*1H;/q2*-1;;;+4/p-2/t14-,18+,19-;;;;/m1..../s1. The van der Waals surface area contributed by atoms with Crippen LogP contribution in [0.5, 0.6) is 0 Å². The van der Waals surface area contributed by atoms with Crippen LogP contribution in [0.2, 0.25) is 0 Å². The van der Waals surface area contributed by atoms with Crippen LogP contribution in [-0.2, 0) is 39.0 Å². The largest absolute Gasteiger partial charge is 4.00 e. The molecule has 3 aliphatic rings. The van der Waals surface area contributed by atoms with Crippen molar-refractivity contribution in [1.29, 1.82) is 0 Å². The molecule has 0 aliphatic heterocycles. The summed E-state index contributed by atoms with van der Waals surface area (Å²) in [6, 6.07) is 5.15. The topological polar surface area (TPSA) is 0 Å². The molecule has 1 saturated carbocycles. The third kappa shape index (κ3) is 7.56. The Labute approximate surface area is 199 Å². The van der Waals surface area contributed by atoms with Crippen LogP contribution < -0.4 is 24.8 Å². The van der Waals surface area contributed by atoms with Crippen LogP contribution in [0.15, 0.2) is 30.4 Å². The smallest absolute Gasteiger partial charge is 1.00 e. The minimum absolute atomic E-state index is 0. The molecule has 4 rings (SSSR count). The molecule has 3 aliphatic carbocycles. The summed E-state index contributed by atoms with van der Waals surface area (Å²) in [5.41, 5.74) is 5.06. The summed E-state index contributed by atoms with van der Waals surface area (Å²) >= 11 is 0. The molecule has 0 spiro atoms. The maximum absolute atomic E-state index is 2.99. The summed E-state index contributed by atoms with van der Waals surface area (Å²) in [6.07, 6.45) is 19.8. The fourth-order valence-corrected chi connectivity index (χ4v) is 4.87. The van der Waals surface area contributed by atoms with Crippen molar-refractivity contribution in [3.63, 3.8) is 0 Å². The molecular weight excluding hydrogens is 450 g/mol. The van der Waals surface area contributed by atoms with Crippen LogP contribution >= 0.6 is 0 Å². The van der Waals surface area contributed by atoms with Gasteiger partial charge in [-0.25, -0.2) is 18.2 Å². The van der Waals surface area contributed by atoms with Crippen molar-refractivity contribution in [3.8, 4) is 0 Å². The van der Waals surface area contributed by atoms with Gasteiger partial charge in [-0.3, -0.25) is 6.08 Å². The van der Waals surface area contributed by atoms with Crippen LogP contribution in [0.3, 0.4) is 0 Å². The molecule has 0 unspecified atom stereocenters. The summed E-state index contributed by atoms with van der Waals surface area (Å²) < 4.78 is 0. The third-order valence-corrected chi connectivity index (χ3v) is 6.27. The summed E-state index contributed by atoms with van der Waals surface area (Å²) in [4.78, 5) is 0. The molecule has 0 amide bonds. The van der Waals surface area contributed by atoms with Gasteiger partial charge in [0.25, 0.3) is 0 Å². The Morgan fingerprint density at radius 1 is 1.11 bits per heavy atom. The van der Waals surface area contributed by atoms with Gasteiger partial charge < -0.3 is 24.8 Å². The van der Waals surface area contributed by atoms with Crippen molar-refractivity contribution in [3.05, 3.63) is 53.1 Å². The monoisotopic (exact) mass is 482 g/mol. The second-order valence-electron chi connectivity index (χ2n) is 8.48. The Morgan fingerprint density at radius 2 is 1.85 bits per heavy atom. The molecule has 1 fully saturated rings. The van der Waals surface area contributed by atoms with Gasteiger partial charge in [0.05, 0.1) is 0 Å². The minimum atomic E-state index is 0. The van der Waals surface area contributed by atoms with Gasteiger partial charge in [-0.2, -0.15) is 28.8 Å². The zero-order valence-electron chi connectivity index (χ0n) is 17.1. The number of rotatable bonds is 2. The summed E-state index contributed by atoms with van der Waals surface area (Å²) in [7, 11) is 0. The Morgan fingerprint density at radius 3 is 2.41 bits per heavy atom. The van der Waals surface area contributed by atoms with E-state index in [1.807, 2.05) is 12.2 Å². The fourth-order valence-electron chi connectivity index (χ4n) is 4.87. The van der Waals surface area contributed by atoms with Gasteiger partial charge in [-0.05, 0) is 36.5 Å². The normalized spacial score (nSPS) is 25.4. The van der Waals surface area contributed by atoms with Gasteiger partial charge in [0.1, 0.15) is 0 Å². The second kappa shape index (κ2) is 13.5. The maximum atomic E-state index is 2.99. The molecule has 0 aromatic heterocycles. The molecule has 0 N–H and O–H groups in total. The number of aryl methyl sites for hydroxylation is 2. The van der Waals surface area contributed by atoms with Crippen molar-refractivity contribution in [1.82, 2.24) is 0 Å². The first-order valence-electron chi connectivity index (χ1n) is 10.1. The molecule has 148 valence electrons. The molecule has 0 radical (unpaired) electrons. The first-order valence-corrected chi connectivity index (χ1v) is 10.1. The van der Waals surface area contributed by atoms with E-state index in [1.165, 1.54) is 44.9 Å². The van der Waals surface area contributed by atoms with Crippen LogP contribution in [0, 0.1) is 23.8 Å². The fraction of sp³-hybridized carbons (Fsp3) is 0.625. The molecule has 1 aromatic carbocycles. The number of hydrogen-bond acceptors (Lipinski definition) is 0. The van der Waals surface area contributed by atoms with Gasteiger partial charge in [0.15, 0.2) is 0 Å². The molecule has 27 heavy (non-hydrogen) atoms. The molecule has 0 bridgehead atoms. The average molecular weight is 485 g/mol. The van der Waals surface area contributed by atoms with Gasteiger partial charge in [0, 0.05) is 0 Å². The Balaban J connectivity index is 0.000000742. The van der Waals surface area contributed by atoms with E-state index in [0.717, 1.165) is 30.1 Å². The van der Waals surface area contributed by atoms with E-state index >= 15 is 0 Å². The summed E-state index contributed by atoms with van der Waals surface area (Å²) in [6.45, 7) is 7.30. The van der Waals surface area contributed by atoms with E-state index in [1.54, 1.807) is 16.7 Å². The van der Waals surface area contributed by atoms with Crippen molar-refractivity contribution >= 4 is 0 Å². The molecule has 0 nitrogen and oxygen atoms in total. The quantitative estimate of drug-likeness (QED) is 0.545. The number of allylic oxidation sites excluding steroid dienone is 4. The maximum Gasteiger partial charge on any atom is 4.00 e. The van der Waals surface area contributed by atoms with Crippen molar-refractivity contribution in [2.75, 3.05) is 0 Å².